The maximum absolute atomic E-state index is 4.51. The molecule has 0 radical (unpaired) electrons. The van der Waals surface area contributed by atoms with Crippen molar-refractivity contribution in [1.82, 2.24) is 15.3 Å². The van der Waals surface area contributed by atoms with Gasteiger partial charge in [-0.1, -0.05) is 36.4 Å². The molecule has 0 saturated carbocycles. The first-order valence-electron chi connectivity index (χ1n) is 8.00. The summed E-state index contributed by atoms with van der Waals surface area (Å²) in [5.74, 6) is 0. The summed E-state index contributed by atoms with van der Waals surface area (Å²) in [6, 6.07) is 20.1. The Morgan fingerprint density at radius 1 is 0.792 bits per heavy atom. The van der Waals surface area contributed by atoms with Crippen LogP contribution in [-0.2, 0) is 19.6 Å². The van der Waals surface area contributed by atoms with E-state index in [1.54, 1.807) is 6.20 Å². The second-order valence-electron chi connectivity index (χ2n) is 5.42. The number of hydrogen-bond donors (Lipinski definition) is 1. The van der Waals surface area contributed by atoms with Gasteiger partial charge in [-0.05, 0) is 35.4 Å². The van der Waals surface area contributed by atoms with Crippen LogP contribution in [0.25, 0.3) is 0 Å². The number of rotatable bonds is 7. The molecule has 3 aromatic rings. The normalized spacial score (nSPS) is 11.0. The first-order valence-corrected chi connectivity index (χ1v) is 8.00. The highest BCUT2D eigenvalue weighted by Gasteiger charge is 2.01. The average molecular weight is 316 g/mol. The number of aliphatic imine (C=N–C) groups is 1. The Bertz CT molecular complexity index is 770. The summed E-state index contributed by atoms with van der Waals surface area (Å²) in [4.78, 5) is 13.1. The van der Waals surface area contributed by atoms with Crippen LogP contribution in [0.3, 0.4) is 0 Å². The van der Waals surface area contributed by atoms with Gasteiger partial charge in [-0.2, -0.15) is 0 Å². The average Bonchev–Trinajstić information content (AvgIpc) is 2.65. The van der Waals surface area contributed by atoms with Crippen molar-refractivity contribution in [3.63, 3.8) is 0 Å². The highest BCUT2D eigenvalue weighted by atomic mass is 14.9. The molecule has 24 heavy (non-hydrogen) atoms. The highest BCUT2D eigenvalue weighted by Crippen LogP contribution is 2.10. The fourth-order valence-corrected chi connectivity index (χ4v) is 2.40. The largest absolute Gasteiger partial charge is 0.307 e. The fourth-order valence-electron chi connectivity index (χ4n) is 2.40. The Balaban J connectivity index is 1.57. The molecule has 120 valence electrons. The van der Waals surface area contributed by atoms with Crippen LogP contribution >= 0.6 is 0 Å². The van der Waals surface area contributed by atoms with Gasteiger partial charge in [-0.15, -0.1) is 0 Å². The molecule has 0 fully saturated rings. The molecule has 3 rings (SSSR count). The van der Waals surface area contributed by atoms with Gasteiger partial charge in [0.05, 0.1) is 17.9 Å². The lowest BCUT2D eigenvalue weighted by molar-refractivity contribution is 0.675. The van der Waals surface area contributed by atoms with E-state index < -0.39 is 0 Å². The molecule has 0 unspecified atom stereocenters. The van der Waals surface area contributed by atoms with Gasteiger partial charge in [0.1, 0.15) is 0 Å². The molecular formula is C20H20N4. The molecule has 0 saturated heterocycles. The molecule has 2 aromatic heterocycles. The van der Waals surface area contributed by atoms with Gasteiger partial charge in [0.15, 0.2) is 0 Å². The van der Waals surface area contributed by atoms with Gasteiger partial charge in [-0.3, -0.25) is 15.0 Å². The van der Waals surface area contributed by atoms with Crippen molar-refractivity contribution in [2.24, 2.45) is 4.99 Å². The van der Waals surface area contributed by atoms with E-state index in [4.69, 9.17) is 0 Å². The van der Waals surface area contributed by atoms with E-state index in [9.17, 15) is 0 Å². The summed E-state index contributed by atoms with van der Waals surface area (Å²) in [6.45, 7) is 2.20. The monoisotopic (exact) mass is 316 g/mol. The molecule has 1 aromatic carbocycles. The summed E-state index contributed by atoms with van der Waals surface area (Å²) in [7, 11) is 0. The second kappa shape index (κ2) is 8.70. The van der Waals surface area contributed by atoms with E-state index in [1.165, 1.54) is 11.1 Å². The second-order valence-corrected chi connectivity index (χ2v) is 5.42. The highest BCUT2D eigenvalue weighted by molar-refractivity contribution is 5.76. The topological polar surface area (TPSA) is 50.2 Å². The Labute approximate surface area is 142 Å². The maximum atomic E-state index is 4.51. The number of pyridine rings is 2. The first kappa shape index (κ1) is 16.0. The van der Waals surface area contributed by atoms with Gasteiger partial charge in [0.25, 0.3) is 0 Å². The number of nitrogens with one attached hydrogen (secondary N) is 1. The van der Waals surface area contributed by atoms with Crippen LogP contribution in [0, 0.1) is 0 Å². The van der Waals surface area contributed by atoms with Gasteiger partial charge in [0, 0.05) is 31.7 Å². The van der Waals surface area contributed by atoms with Crippen LogP contribution < -0.4 is 5.32 Å². The molecule has 0 bridgehead atoms. The summed E-state index contributed by atoms with van der Waals surface area (Å²) >= 11 is 0. The number of aromatic nitrogens is 2. The quantitative estimate of drug-likeness (QED) is 0.680. The van der Waals surface area contributed by atoms with Crippen LogP contribution in [-0.4, -0.2) is 16.2 Å². The van der Waals surface area contributed by atoms with Crippen LogP contribution in [0.4, 0.5) is 0 Å². The van der Waals surface area contributed by atoms with Gasteiger partial charge < -0.3 is 5.32 Å². The molecule has 0 atom stereocenters. The number of benzene rings is 1. The molecule has 0 aliphatic carbocycles. The van der Waals surface area contributed by atoms with Crippen LogP contribution in [0.1, 0.15) is 22.5 Å². The van der Waals surface area contributed by atoms with Gasteiger partial charge in [-0.25, -0.2) is 0 Å². The third-order valence-electron chi connectivity index (χ3n) is 3.64. The lowest BCUT2D eigenvalue weighted by Crippen LogP contribution is -2.14. The van der Waals surface area contributed by atoms with Crippen molar-refractivity contribution in [2.45, 2.75) is 19.6 Å². The van der Waals surface area contributed by atoms with Gasteiger partial charge >= 0.3 is 0 Å². The summed E-state index contributed by atoms with van der Waals surface area (Å²) in [5.41, 5.74) is 4.40. The molecule has 2 heterocycles. The molecule has 4 nitrogen and oxygen atoms in total. The molecular weight excluding hydrogens is 296 g/mol. The third-order valence-corrected chi connectivity index (χ3v) is 3.64. The number of nitrogens with zero attached hydrogens (tertiary/aromatic N) is 3. The summed E-state index contributed by atoms with van der Waals surface area (Å²) in [5, 5.41) is 3.44. The van der Waals surface area contributed by atoms with E-state index in [0.717, 1.165) is 24.5 Å². The Morgan fingerprint density at radius 2 is 1.54 bits per heavy atom. The molecule has 0 amide bonds. The molecule has 4 heteroatoms. The molecule has 0 aliphatic rings. The predicted molar refractivity (Wildman–Crippen MR) is 96.8 cm³/mol. The zero-order valence-electron chi connectivity index (χ0n) is 13.5. The Kier molecular flexibility index (Phi) is 5.81. The van der Waals surface area contributed by atoms with Crippen molar-refractivity contribution in [2.75, 3.05) is 0 Å². The van der Waals surface area contributed by atoms with Crippen LogP contribution in [0.15, 0.2) is 78.0 Å². The van der Waals surface area contributed by atoms with Crippen molar-refractivity contribution < 1.29 is 0 Å². The minimum atomic E-state index is 0.651. The van der Waals surface area contributed by atoms with Crippen molar-refractivity contribution >= 4 is 6.21 Å². The minimum Gasteiger partial charge on any atom is -0.307 e. The minimum absolute atomic E-state index is 0.651. The third kappa shape index (κ3) is 4.83. The Hall–Kier alpha value is -2.85. The van der Waals surface area contributed by atoms with E-state index in [0.29, 0.717) is 6.54 Å². The van der Waals surface area contributed by atoms with E-state index in [1.807, 2.05) is 54.9 Å². The fraction of sp³-hybridized carbons (Fsp3) is 0.150. The smallest absolute Gasteiger partial charge is 0.0807 e. The Morgan fingerprint density at radius 3 is 2.29 bits per heavy atom. The van der Waals surface area contributed by atoms with Crippen molar-refractivity contribution in [1.29, 1.82) is 0 Å². The SMILES string of the molecule is C(=N\Cc1ccccc1CNCc1ccccn1)/c1ccccn1. The molecule has 0 spiro atoms. The number of hydrogen-bond acceptors (Lipinski definition) is 4. The van der Waals surface area contributed by atoms with Crippen molar-refractivity contribution in [3.8, 4) is 0 Å². The van der Waals surface area contributed by atoms with E-state index >= 15 is 0 Å². The molecule has 1 N–H and O–H groups in total. The zero-order chi connectivity index (χ0) is 16.5. The summed E-state index contributed by atoms with van der Waals surface area (Å²) < 4.78 is 0. The van der Waals surface area contributed by atoms with Crippen LogP contribution in [0.5, 0.6) is 0 Å². The lowest BCUT2D eigenvalue weighted by Gasteiger charge is -2.09. The molecule has 0 aliphatic heterocycles. The van der Waals surface area contributed by atoms with Crippen molar-refractivity contribution in [3.05, 3.63) is 95.6 Å². The van der Waals surface area contributed by atoms with E-state index in [2.05, 4.69) is 38.5 Å². The maximum Gasteiger partial charge on any atom is 0.0807 e. The first-order chi connectivity index (χ1) is 11.9. The van der Waals surface area contributed by atoms with E-state index in [-0.39, 0.29) is 0 Å². The van der Waals surface area contributed by atoms with Gasteiger partial charge in [0.2, 0.25) is 0 Å². The standard InChI is InChI=1S/C20H20N4/c1-2-8-18(14-22-16-20-10-4-6-12-24-20)17(7-1)13-21-15-19-9-3-5-11-23-19/h1-12,15,22H,13-14,16H2/b21-15+. The van der Waals surface area contributed by atoms with Crippen LogP contribution in [0.2, 0.25) is 0 Å². The summed E-state index contributed by atoms with van der Waals surface area (Å²) in [6.07, 6.45) is 5.41. The lowest BCUT2D eigenvalue weighted by atomic mass is 10.1. The predicted octanol–water partition coefficient (Wildman–Crippen LogP) is 3.39. The zero-order valence-corrected chi connectivity index (χ0v) is 13.5.